The van der Waals surface area contributed by atoms with Crippen molar-refractivity contribution >= 4 is 0 Å². The number of aliphatic hydroxyl groups is 1. The Labute approximate surface area is 166 Å². The predicted octanol–water partition coefficient (Wildman–Crippen LogP) is 2.46. The lowest BCUT2D eigenvalue weighted by Gasteiger charge is -2.42. The van der Waals surface area contributed by atoms with Gasteiger partial charge in [-0.3, -0.25) is 9.80 Å². The third kappa shape index (κ3) is 3.00. The van der Waals surface area contributed by atoms with E-state index in [1.807, 2.05) is 6.07 Å². The van der Waals surface area contributed by atoms with Gasteiger partial charge in [-0.1, -0.05) is 0 Å². The van der Waals surface area contributed by atoms with Gasteiger partial charge in [0.1, 0.15) is 0 Å². The van der Waals surface area contributed by atoms with E-state index >= 15 is 0 Å². The molecule has 2 saturated heterocycles. The first-order chi connectivity index (χ1) is 13.5. The van der Waals surface area contributed by atoms with Crippen molar-refractivity contribution in [2.45, 2.75) is 51.9 Å². The smallest absolute Gasteiger partial charge is 0.231 e. The zero-order valence-electron chi connectivity index (χ0n) is 16.9. The number of aryl methyl sites for hydroxylation is 1. The minimum absolute atomic E-state index is 0.159. The molecular weight excluding hydrogens is 354 g/mol. The van der Waals surface area contributed by atoms with Crippen LogP contribution in [-0.4, -0.2) is 64.1 Å². The van der Waals surface area contributed by atoms with Gasteiger partial charge in [0.15, 0.2) is 11.5 Å². The van der Waals surface area contributed by atoms with Gasteiger partial charge >= 0.3 is 0 Å². The highest BCUT2D eigenvalue weighted by Crippen LogP contribution is 2.35. The zero-order valence-corrected chi connectivity index (χ0v) is 16.9. The first kappa shape index (κ1) is 18.0. The molecule has 1 unspecified atom stereocenters. The Balaban J connectivity index is 1.39. The minimum atomic E-state index is -0.159. The average molecular weight is 383 g/mol. The number of benzene rings is 1. The largest absolute Gasteiger partial charge is 0.454 e. The molecule has 5 rings (SSSR count). The van der Waals surface area contributed by atoms with Crippen LogP contribution in [0.3, 0.4) is 0 Å². The van der Waals surface area contributed by atoms with Crippen LogP contribution < -0.4 is 9.47 Å². The molecule has 2 fully saturated rings. The van der Waals surface area contributed by atoms with E-state index in [1.54, 1.807) is 0 Å². The highest BCUT2D eigenvalue weighted by Gasteiger charge is 2.38. The molecule has 0 radical (unpaired) electrons. The van der Waals surface area contributed by atoms with E-state index in [-0.39, 0.29) is 6.10 Å². The van der Waals surface area contributed by atoms with Gasteiger partial charge in [-0.25, -0.2) is 0 Å². The Hall–Kier alpha value is -2.02. The summed E-state index contributed by atoms with van der Waals surface area (Å²) in [6.45, 7) is 10.8. The summed E-state index contributed by atoms with van der Waals surface area (Å²) in [5, 5.41) is 10.0. The normalized spacial score (nSPS) is 27.4. The lowest BCUT2D eigenvalue weighted by molar-refractivity contribution is 0.0527. The lowest BCUT2D eigenvalue weighted by atomic mass is 10.1. The Morgan fingerprint density at radius 2 is 1.89 bits per heavy atom. The molecule has 6 heteroatoms. The summed E-state index contributed by atoms with van der Waals surface area (Å²) in [5.74, 6) is 1.63. The van der Waals surface area contributed by atoms with Gasteiger partial charge in [-0.05, 0) is 51.0 Å². The molecule has 0 bridgehead atoms. The van der Waals surface area contributed by atoms with Crippen molar-refractivity contribution in [2.24, 2.45) is 0 Å². The maximum atomic E-state index is 10.0. The van der Waals surface area contributed by atoms with E-state index in [1.165, 1.54) is 17.0 Å². The molecule has 3 aliphatic heterocycles. The molecule has 6 nitrogen and oxygen atoms in total. The van der Waals surface area contributed by atoms with Crippen LogP contribution in [0.1, 0.15) is 30.3 Å². The number of aromatic nitrogens is 1. The molecule has 1 aromatic heterocycles. The van der Waals surface area contributed by atoms with Crippen LogP contribution >= 0.6 is 0 Å². The number of ether oxygens (including phenoxy) is 2. The van der Waals surface area contributed by atoms with Crippen LogP contribution in [0.2, 0.25) is 0 Å². The molecule has 4 heterocycles. The summed E-state index contributed by atoms with van der Waals surface area (Å²) in [5.41, 5.74) is 4.99. The fourth-order valence-electron chi connectivity index (χ4n) is 5.13. The summed E-state index contributed by atoms with van der Waals surface area (Å²) in [7, 11) is 0. The molecule has 1 N–H and O–H groups in total. The zero-order chi connectivity index (χ0) is 19.4. The number of hydrogen-bond acceptors (Lipinski definition) is 5. The molecule has 28 heavy (non-hydrogen) atoms. The Morgan fingerprint density at radius 3 is 2.75 bits per heavy atom. The number of aliphatic hydroxyl groups excluding tert-OH is 1. The van der Waals surface area contributed by atoms with Gasteiger partial charge in [0.05, 0.1) is 6.10 Å². The van der Waals surface area contributed by atoms with Gasteiger partial charge in [0, 0.05) is 61.4 Å². The number of nitrogens with zero attached hydrogens (tertiary/aromatic N) is 3. The minimum Gasteiger partial charge on any atom is -0.454 e. The maximum Gasteiger partial charge on any atom is 0.231 e. The van der Waals surface area contributed by atoms with Crippen LogP contribution in [0.15, 0.2) is 24.3 Å². The SMILES string of the molecule is Cc1cc(CN2CC3C[C@@H](O)CN3C[C@@H]2C)c(C)n1-c1ccc2c(c1)OCO2. The van der Waals surface area contributed by atoms with Crippen LogP contribution in [0.4, 0.5) is 0 Å². The van der Waals surface area contributed by atoms with Crippen LogP contribution in [0.5, 0.6) is 11.5 Å². The maximum absolute atomic E-state index is 10.0. The molecule has 3 atom stereocenters. The van der Waals surface area contributed by atoms with Crippen molar-refractivity contribution in [1.82, 2.24) is 14.4 Å². The molecule has 0 aliphatic carbocycles. The second kappa shape index (κ2) is 6.79. The predicted molar refractivity (Wildman–Crippen MR) is 107 cm³/mol. The number of fused-ring (bicyclic) bond motifs is 2. The monoisotopic (exact) mass is 383 g/mol. The van der Waals surface area contributed by atoms with E-state index in [2.05, 4.69) is 53.3 Å². The van der Waals surface area contributed by atoms with E-state index in [4.69, 9.17) is 9.47 Å². The van der Waals surface area contributed by atoms with Crippen LogP contribution in [0, 0.1) is 13.8 Å². The first-order valence-electron chi connectivity index (χ1n) is 10.2. The van der Waals surface area contributed by atoms with Gasteiger partial charge in [-0.2, -0.15) is 0 Å². The van der Waals surface area contributed by atoms with E-state index in [0.717, 1.165) is 49.8 Å². The van der Waals surface area contributed by atoms with Gasteiger partial charge in [0.25, 0.3) is 0 Å². The summed E-state index contributed by atoms with van der Waals surface area (Å²) in [6, 6.07) is 9.44. The Morgan fingerprint density at radius 1 is 1.07 bits per heavy atom. The molecule has 0 saturated carbocycles. The highest BCUT2D eigenvalue weighted by atomic mass is 16.7. The lowest BCUT2D eigenvalue weighted by Crippen LogP contribution is -2.54. The molecule has 0 spiro atoms. The standard InChI is InChI=1S/C22H29N3O3/c1-14-6-17(10-23-11-19-7-20(26)12-24(19)9-15(23)2)16(3)25(14)18-4-5-21-22(8-18)28-13-27-21/h4-6,8,15,19-20,26H,7,9-13H2,1-3H3/t15-,19?,20+/m0/s1. The summed E-state index contributed by atoms with van der Waals surface area (Å²) >= 11 is 0. The quantitative estimate of drug-likeness (QED) is 0.882. The molecule has 2 aromatic rings. The van der Waals surface area contributed by atoms with E-state index in [0.29, 0.717) is 18.9 Å². The molecule has 150 valence electrons. The molecular formula is C22H29N3O3. The number of rotatable bonds is 3. The third-order valence-corrected chi connectivity index (χ3v) is 6.60. The van der Waals surface area contributed by atoms with Crippen molar-refractivity contribution in [3.05, 3.63) is 41.2 Å². The van der Waals surface area contributed by atoms with E-state index in [9.17, 15) is 5.11 Å². The number of hydrogen-bond donors (Lipinski definition) is 1. The van der Waals surface area contributed by atoms with Crippen molar-refractivity contribution < 1.29 is 14.6 Å². The third-order valence-electron chi connectivity index (χ3n) is 6.60. The highest BCUT2D eigenvalue weighted by molar-refractivity contribution is 5.52. The van der Waals surface area contributed by atoms with Crippen LogP contribution in [0.25, 0.3) is 5.69 Å². The number of piperazine rings is 1. The molecule has 0 amide bonds. The van der Waals surface area contributed by atoms with Crippen molar-refractivity contribution in [1.29, 1.82) is 0 Å². The van der Waals surface area contributed by atoms with Gasteiger partial charge < -0.3 is 19.1 Å². The molecule has 3 aliphatic rings. The summed E-state index contributed by atoms with van der Waals surface area (Å²) in [6.07, 6.45) is 0.743. The summed E-state index contributed by atoms with van der Waals surface area (Å²) < 4.78 is 13.3. The van der Waals surface area contributed by atoms with E-state index < -0.39 is 0 Å². The summed E-state index contributed by atoms with van der Waals surface area (Å²) in [4.78, 5) is 5.03. The average Bonchev–Trinajstić information content (AvgIpc) is 3.32. The van der Waals surface area contributed by atoms with Crippen molar-refractivity contribution in [3.63, 3.8) is 0 Å². The topological polar surface area (TPSA) is 50.1 Å². The second-order valence-electron chi connectivity index (χ2n) is 8.55. The Kier molecular flexibility index (Phi) is 4.38. The van der Waals surface area contributed by atoms with Gasteiger partial charge in [-0.15, -0.1) is 0 Å². The van der Waals surface area contributed by atoms with Crippen molar-refractivity contribution in [2.75, 3.05) is 26.4 Å². The molecule has 1 aromatic carbocycles. The fraction of sp³-hybridized carbons (Fsp3) is 0.545. The second-order valence-corrected chi connectivity index (χ2v) is 8.55. The van der Waals surface area contributed by atoms with Gasteiger partial charge in [0.2, 0.25) is 6.79 Å². The Bertz CT molecular complexity index is 893. The van der Waals surface area contributed by atoms with Crippen LogP contribution in [-0.2, 0) is 6.54 Å². The fourth-order valence-corrected chi connectivity index (χ4v) is 5.13. The van der Waals surface area contributed by atoms with Crippen molar-refractivity contribution in [3.8, 4) is 17.2 Å². The first-order valence-corrected chi connectivity index (χ1v) is 10.2.